The van der Waals surface area contributed by atoms with Crippen molar-refractivity contribution in [1.82, 2.24) is 4.90 Å². The molecule has 0 amide bonds. The van der Waals surface area contributed by atoms with Crippen LogP contribution in [0.5, 0.6) is 0 Å². The van der Waals surface area contributed by atoms with Crippen molar-refractivity contribution in [3.8, 4) is 0 Å². The Morgan fingerprint density at radius 1 is 1.38 bits per heavy atom. The monoisotopic (exact) mass is 220 g/mol. The Kier molecular flexibility index (Phi) is 3.93. The smallest absolute Gasteiger partial charge is 0.0720 e. The molecular formula is C13H20N2O. The maximum atomic E-state index is 5.10. The van der Waals surface area contributed by atoms with Gasteiger partial charge in [-0.2, -0.15) is 0 Å². The number of hydrogen-bond acceptors (Lipinski definition) is 3. The molecule has 3 heteroatoms. The Morgan fingerprint density at radius 3 is 2.81 bits per heavy atom. The SMILES string of the molecule is Cc1ccc(CN2CCC(CON)C2)cc1. The molecule has 1 unspecified atom stereocenters. The average Bonchev–Trinajstić information content (AvgIpc) is 2.70. The number of aryl methyl sites for hydroxylation is 1. The maximum Gasteiger partial charge on any atom is 0.0720 e. The van der Waals surface area contributed by atoms with E-state index in [1.165, 1.54) is 17.5 Å². The summed E-state index contributed by atoms with van der Waals surface area (Å²) >= 11 is 0. The van der Waals surface area contributed by atoms with Crippen molar-refractivity contribution in [1.29, 1.82) is 0 Å². The van der Waals surface area contributed by atoms with Gasteiger partial charge in [0.15, 0.2) is 0 Å². The summed E-state index contributed by atoms with van der Waals surface area (Å²) in [6, 6.07) is 8.77. The third kappa shape index (κ3) is 3.04. The number of nitrogens with two attached hydrogens (primary N) is 1. The van der Waals surface area contributed by atoms with Crippen LogP contribution in [0.1, 0.15) is 17.5 Å². The number of benzene rings is 1. The van der Waals surface area contributed by atoms with Gasteiger partial charge in [0.05, 0.1) is 6.61 Å². The molecule has 0 spiro atoms. The van der Waals surface area contributed by atoms with E-state index in [1.54, 1.807) is 0 Å². The van der Waals surface area contributed by atoms with Crippen LogP contribution in [0.15, 0.2) is 24.3 Å². The van der Waals surface area contributed by atoms with E-state index in [9.17, 15) is 0 Å². The van der Waals surface area contributed by atoms with Gasteiger partial charge in [-0.05, 0) is 31.4 Å². The molecule has 0 aromatic heterocycles. The highest BCUT2D eigenvalue weighted by Crippen LogP contribution is 2.18. The van der Waals surface area contributed by atoms with Crippen LogP contribution in [0.25, 0.3) is 0 Å². The predicted octanol–water partition coefficient (Wildman–Crippen LogP) is 1.71. The van der Waals surface area contributed by atoms with Crippen LogP contribution >= 0.6 is 0 Å². The van der Waals surface area contributed by atoms with E-state index in [4.69, 9.17) is 10.7 Å². The molecular weight excluding hydrogens is 200 g/mol. The Morgan fingerprint density at radius 2 is 2.12 bits per heavy atom. The average molecular weight is 220 g/mol. The van der Waals surface area contributed by atoms with Crippen molar-refractivity contribution >= 4 is 0 Å². The fourth-order valence-corrected chi connectivity index (χ4v) is 2.28. The summed E-state index contributed by atoms with van der Waals surface area (Å²) in [5.41, 5.74) is 2.71. The minimum Gasteiger partial charge on any atom is -0.304 e. The molecule has 1 aromatic carbocycles. The minimum atomic E-state index is 0.607. The second-order valence-electron chi connectivity index (χ2n) is 4.71. The van der Waals surface area contributed by atoms with Gasteiger partial charge in [-0.3, -0.25) is 4.90 Å². The van der Waals surface area contributed by atoms with Crippen LogP contribution in [-0.2, 0) is 11.4 Å². The minimum absolute atomic E-state index is 0.607. The lowest BCUT2D eigenvalue weighted by atomic mass is 10.1. The third-order valence-corrected chi connectivity index (χ3v) is 3.23. The quantitative estimate of drug-likeness (QED) is 0.785. The Hall–Kier alpha value is -0.900. The third-order valence-electron chi connectivity index (χ3n) is 3.23. The molecule has 2 N–H and O–H groups in total. The first-order valence-electron chi connectivity index (χ1n) is 5.87. The molecule has 1 atom stereocenters. The zero-order valence-corrected chi connectivity index (χ0v) is 9.86. The van der Waals surface area contributed by atoms with Crippen molar-refractivity contribution in [3.05, 3.63) is 35.4 Å². The van der Waals surface area contributed by atoms with Gasteiger partial charge in [0.2, 0.25) is 0 Å². The van der Waals surface area contributed by atoms with Gasteiger partial charge in [0, 0.05) is 13.1 Å². The van der Waals surface area contributed by atoms with E-state index in [2.05, 4.69) is 36.1 Å². The molecule has 0 aliphatic carbocycles. The van der Waals surface area contributed by atoms with Crippen LogP contribution in [0.4, 0.5) is 0 Å². The van der Waals surface area contributed by atoms with Crippen molar-refractivity contribution in [2.45, 2.75) is 19.9 Å². The fourth-order valence-electron chi connectivity index (χ4n) is 2.28. The highest BCUT2D eigenvalue weighted by molar-refractivity contribution is 5.21. The molecule has 1 aliphatic heterocycles. The summed E-state index contributed by atoms with van der Waals surface area (Å²) < 4.78 is 0. The number of rotatable bonds is 4. The highest BCUT2D eigenvalue weighted by atomic mass is 16.6. The van der Waals surface area contributed by atoms with Gasteiger partial charge in [-0.15, -0.1) is 0 Å². The maximum absolute atomic E-state index is 5.10. The van der Waals surface area contributed by atoms with Crippen LogP contribution in [0.2, 0.25) is 0 Å². The normalized spacial score (nSPS) is 21.5. The molecule has 3 nitrogen and oxygen atoms in total. The van der Waals surface area contributed by atoms with E-state index in [1.807, 2.05) is 0 Å². The van der Waals surface area contributed by atoms with Crippen LogP contribution in [0, 0.1) is 12.8 Å². The summed E-state index contributed by atoms with van der Waals surface area (Å²) in [4.78, 5) is 7.18. The Labute approximate surface area is 97.1 Å². The van der Waals surface area contributed by atoms with E-state index in [0.717, 1.165) is 19.6 Å². The molecule has 1 aliphatic rings. The second-order valence-corrected chi connectivity index (χ2v) is 4.71. The number of nitrogens with zero attached hydrogens (tertiary/aromatic N) is 1. The summed E-state index contributed by atoms with van der Waals surface area (Å²) in [7, 11) is 0. The van der Waals surface area contributed by atoms with E-state index >= 15 is 0 Å². The Bertz CT molecular complexity index is 323. The molecule has 88 valence electrons. The van der Waals surface area contributed by atoms with Gasteiger partial charge >= 0.3 is 0 Å². The van der Waals surface area contributed by atoms with Crippen molar-refractivity contribution in [2.24, 2.45) is 11.8 Å². The molecule has 0 bridgehead atoms. The predicted molar refractivity (Wildman–Crippen MR) is 64.7 cm³/mol. The van der Waals surface area contributed by atoms with Gasteiger partial charge in [-0.25, -0.2) is 5.90 Å². The van der Waals surface area contributed by atoms with Crippen LogP contribution in [0.3, 0.4) is 0 Å². The van der Waals surface area contributed by atoms with Crippen molar-refractivity contribution < 1.29 is 4.84 Å². The lowest BCUT2D eigenvalue weighted by molar-refractivity contribution is 0.103. The summed E-state index contributed by atoms with van der Waals surface area (Å²) in [5, 5.41) is 0. The van der Waals surface area contributed by atoms with Gasteiger partial charge in [0.25, 0.3) is 0 Å². The zero-order valence-electron chi connectivity index (χ0n) is 9.86. The van der Waals surface area contributed by atoms with Crippen LogP contribution < -0.4 is 5.90 Å². The first kappa shape index (κ1) is 11.6. The second kappa shape index (κ2) is 5.43. The molecule has 0 radical (unpaired) electrons. The lowest BCUT2D eigenvalue weighted by Gasteiger charge is -2.15. The van der Waals surface area contributed by atoms with Gasteiger partial charge in [0.1, 0.15) is 0 Å². The van der Waals surface area contributed by atoms with Gasteiger partial charge < -0.3 is 4.84 Å². The standard InChI is InChI=1S/C13H20N2O/c1-11-2-4-12(5-3-11)8-15-7-6-13(9-15)10-16-14/h2-5,13H,6-10,14H2,1H3. The zero-order chi connectivity index (χ0) is 11.4. The Balaban J connectivity index is 1.84. The van der Waals surface area contributed by atoms with E-state index in [0.29, 0.717) is 12.5 Å². The molecule has 1 saturated heterocycles. The van der Waals surface area contributed by atoms with E-state index < -0.39 is 0 Å². The number of hydrogen-bond donors (Lipinski definition) is 1. The van der Waals surface area contributed by atoms with Crippen molar-refractivity contribution in [2.75, 3.05) is 19.7 Å². The highest BCUT2D eigenvalue weighted by Gasteiger charge is 2.22. The summed E-state index contributed by atoms with van der Waals surface area (Å²) in [5.74, 6) is 5.71. The number of likely N-dealkylation sites (tertiary alicyclic amines) is 1. The topological polar surface area (TPSA) is 38.5 Å². The lowest BCUT2D eigenvalue weighted by Crippen LogP contribution is -2.22. The molecule has 2 rings (SSSR count). The molecule has 1 fully saturated rings. The molecule has 0 saturated carbocycles. The fraction of sp³-hybridized carbons (Fsp3) is 0.538. The first-order chi connectivity index (χ1) is 7.78. The summed E-state index contributed by atoms with van der Waals surface area (Å²) in [6.45, 7) is 6.10. The molecule has 1 heterocycles. The van der Waals surface area contributed by atoms with E-state index in [-0.39, 0.29) is 0 Å². The molecule has 1 aromatic rings. The molecule has 16 heavy (non-hydrogen) atoms. The van der Waals surface area contributed by atoms with Gasteiger partial charge in [-0.1, -0.05) is 29.8 Å². The summed E-state index contributed by atoms with van der Waals surface area (Å²) in [6.07, 6.45) is 1.20. The van der Waals surface area contributed by atoms with Crippen LogP contribution in [-0.4, -0.2) is 24.6 Å². The van der Waals surface area contributed by atoms with Crippen molar-refractivity contribution in [3.63, 3.8) is 0 Å². The first-order valence-corrected chi connectivity index (χ1v) is 5.87. The largest absolute Gasteiger partial charge is 0.304 e.